The number of carbonyl (C=O) groups is 1. The van der Waals surface area contributed by atoms with Crippen LogP contribution in [0.3, 0.4) is 0 Å². The lowest BCUT2D eigenvalue weighted by atomic mass is 10.1. The SMILES string of the molecule is Cc1cc(=O)oc2cc(N)ccc12.NC(Cc1ccc(O)cc1)C(=O)O. The molecule has 6 N–H and O–H groups in total. The second kappa shape index (κ2) is 8.17. The molecular weight excluding hydrogens is 336 g/mol. The molecule has 1 unspecified atom stereocenters. The van der Waals surface area contributed by atoms with E-state index in [4.69, 9.17) is 26.1 Å². The van der Waals surface area contributed by atoms with Crippen LogP contribution in [0.5, 0.6) is 5.75 Å². The number of nitrogens with two attached hydrogens (primary N) is 2. The van der Waals surface area contributed by atoms with Crippen molar-refractivity contribution in [3.63, 3.8) is 0 Å². The van der Waals surface area contributed by atoms with Gasteiger partial charge >= 0.3 is 11.6 Å². The first-order valence-electron chi connectivity index (χ1n) is 7.82. The van der Waals surface area contributed by atoms with Crippen molar-refractivity contribution in [2.45, 2.75) is 19.4 Å². The fourth-order valence-electron chi connectivity index (χ4n) is 2.31. The van der Waals surface area contributed by atoms with E-state index in [0.717, 1.165) is 16.5 Å². The van der Waals surface area contributed by atoms with E-state index >= 15 is 0 Å². The molecule has 0 spiro atoms. The van der Waals surface area contributed by atoms with Gasteiger partial charge in [0.1, 0.15) is 17.4 Å². The first kappa shape index (κ1) is 19.0. The number of aliphatic carboxylic acids is 1. The molecule has 0 aliphatic rings. The van der Waals surface area contributed by atoms with E-state index in [1.807, 2.05) is 13.0 Å². The minimum absolute atomic E-state index is 0.160. The van der Waals surface area contributed by atoms with E-state index < -0.39 is 12.0 Å². The van der Waals surface area contributed by atoms with Gasteiger partial charge in [0.05, 0.1) is 0 Å². The van der Waals surface area contributed by atoms with Crippen LogP contribution in [0.25, 0.3) is 11.0 Å². The van der Waals surface area contributed by atoms with Gasteiger partial charge in [0.2, 0.25) is 0 Å². The average Bonchev–Trinajstić information content (AvgIpc) is 2.56. The van der Waals surface area contributed by atoms with Crippen LogP contribution in [0.2, 0.25) is 0 Å². The summed E-state index contributed by atoms with van der Waals surface area (Å²) in [5.74, 6) is -0.860. The lowest BCUT2D eigenvalue weighted by molar-refractivity contribution is -0.138. The van der Waals surface area contributed by atoms with E-state index in [2.05, 4.69) is 0 Å². The summed E-state index contributed by atoms with van der Waals surface area (Å²) in [4.78, 5) is 21.4. The third-order valence-electron chi connectivity index (χ3n) is 3.68. The molecule has 1 atom stereocenters. The quantitative estimate of drug-likeness (QED) is 0.416. The molecule has 0 aliphatic carbocycles. The maximum absolute atomic E-state index is 11.0. The summed E-state index contributed by atoms with van der Waals surface area (Å²) in [6.07, 6.45) is 0.273. The third-order valence-corrected chi connectivity index (χ3v) is 3.68. The molecule has 7 nitrogen and oxygen atoms in total. The molecule has 0 saturated heterocycles. The number of nitrogen functional groups attached to an aromatic ring is 1. The largest absolute Gasteiger partial charge is 0.508 e. The number of aryl methyl sites for hydroxylation is 1. The first-order valence-corrected chi connectivity index (χ1v) is 7.82. The molecule has 26 heavy (non-hydrogen) atoms. The summed E-state index contributed by atoms with van der Waals surface area (Å²) >= 11 is 0. The zero-order chi connectivity index (χ0) is 19.3. The molecular formula is C19H20N2O5. The maximum atomic E-state index is 11.0. The van der Waals surface area contributed by atoms with Gasteiger partial charge in [-0.15, -0.1) is 0 Å². The summed E-state index contributed by atoms with van der Waals surface area (Å²) in [7, 11) is 0. The van der Waals surface area contributed by atoms with Crippen molar-refractivity contribution in [3.05, 3.63) is 70.1 Å². The number of carboxylic acids is 1. The van der Waals surface area contributed by atoms with Gasteiger partial charge in [0.25, 0.3) is 0 Å². The molecule has 7 heteroatoms. The Balaban J connectivity index is 0.000000187. The highest BCUT2D eigenvalue weighted by Gasteiger charge is 2.11. The average molecular weight is 356 g/mol. The predicted molar refractivity (Wildman–Crippen MR) is 99.1 cm³/mol. The molecule has 1 heterocycles. The van der Waals surface area contributed by atoms with Crippen LogP contribution in [0.4, 0.5) is 5.69 Å². The third kappa shape index (κ3) is 5.09. The molecule has 0 amide bonds. The van der Waals surface area contributed by atoms with E-state index in [1.54, 1.807) is 24.3 Å². The summed E-state index contributed by atoms with van der Waals surface area (Å²) in [5, 5.41) is 18.4. The fraction of sp³-hybridized carbons (Fsp3) is 0.158. The lowest BCUT2D eigenvalue weighted by Crippen LogP contribution is -2.32. The summed E-state index contributed by atoms with van der Waals surface area (Å²) in [6.45, 7) is 1.87. The second-order valence-electron chi connectivity index (χ2n) is 5.82. The van der Waals surface area contributed by atoms with Gasteiger partial charge in [0.15, 0.2) is 0 Å². The highest BCUT2D eigenvalue weighted by molar-refractivity contribution is 5.82. The van der Waals surface area contributed by atoms with Crippen molar-refractivity contribution >= 4 is 22.6 Å². The Morgan fingerprint density at radius 2 is 1.81 bits per heavy atom. The number of phenols is 1. The Hall–Kier alpha value is -3.32. The Kier molecular flexibility index (Phi) is 5.98. The van der Waals surface area contributed by atoms with E-state index in [1.165, 1.54) is 18.2 Å². The van der Waals surface area contributed by atoms with Crippen LogP contribution < -0.4 is 17.1 Å². The predicted octanol–water partition coefficient (Wildman–Crippen LogP) is 2.03. The number of fused-ring (bicyclic) bond motifs is 1. The van der Waals surface area contributed by atoms with Gasteiger partial charge < -0.3 is 26.1 Å². The Bertz CT molecular complexity index is 964. The minimum Gasteiger partial charge on any atom is -0.508 e. The van der Waals surface area contributed by atoms with Crippen molar-refractivity contribution in [1.29, 1.82) is 0 Å². The molecule has 0 saturated carbocycles. The van der Waals surface area contributed by atoms with Crippen molar-refractivity contribution in [2.75, 3.05) is 5.73 Å². The molecule has 0 aliphatic heterocycles. The van der Waals surface area contributed by atoms with Crippen LogP contribution >= 0.6 is 0 Å². The van der Waals surface area contributed by atoms with E-state index in [-0.39, 0.29) is 17.8 Å². The number of hydrogen-bond donors (Lipinski definition) is 4. The molecule has 0 bridgehead atoms. The molecule has 136 valence electrons. The molecule has 0 fully saturated rings. The number of hydrogen-bond acceptors (Lipinski definition) is 6. The smallest absolute Gasteiger partial charge is 0.336 e. The number of benzene rings is 2. The van der Waals surface area contributed by atoms with Crippen molar-refractivity contribution < 1.29 is 19.4 Å². The van der Waals surface area contributed by atoms with E-state index in [9.17, 15) is 9.59 Å². The van der Waals surface area contributed by atoms with Crippen LogP contribution in [0, 0.1) is 6.92 Å². The minimum atomic E-state index is -1.02. The zero-order valence-electron chi connectivity index (χ0n) is 14.2. The Morgan fingerprint density at radius 3 is 2.42 bits per heavy atom. The van der Waals surface area contributed by atoms with Crippen LogP contribution in [0.15, 0.2) is 57.7 Å². The Labute approximate surface area is 149 Å². The summed E-state index contributed by atoms with van der Waals surface area (Å²) in [6, 6.07) is 12.2. The monoisotopic (exact) mass is 356 g/mol. The van der Waals surface area contributed by atoms with Gasteiger partial charge in [-0.1, -0.05) is 12.1 Å². The molecule has 1 aromatic heterocycles. The molecule has 3 aromatic rings. The van der Waals surface area contributed by atoms with Gasteiger partial charge in [-0.2, -0.15) is 0 Å². The molecule has 0 radical (unpaired) electrons. The number of carboxylic acid groups (broad SMARTS) is 1. The van der Waals surface area contributed by atoms with Gasteiger partial charge in [-0.3, -0.25) is 4.79 Å². The van der Waals surface area contributed by atoms with Crippen molar-refractivity contribution in [1.82, 2.24) is 0 Å². The lowest BCUT2D eigenvalue weighted by Gasteiger charge is -2.05. The van der Waals surface area contributed by atoms with Gasteiger partial charge in [-0.05, 0) is 48.7 Å². The zero-order valence-corrected chi connectivity index (χ0v) is 14.2. The van der Waals surface area contributed by atoms with Crippen molar-refractivity contribution in [3.8, 4) is 5.75 Å². The number of rotatable bonds is 3. The van der Waals surface area contributed by atoms with Gasteiger partial charge in [0, 0.05) is 23.2 Å². The topological polar surface area (TPSA) is 140 Å². The summed E-state index contributed by atoms with van der Waals surface area (Å²) in [5.41, 5.74) is 13.4. The molecule has 2 aromatic carbocycles. The van der Waals surface area contributed by atoms with Crippen LogP contribution in [0.1, 0.15) is 11.1 Å². The maximum Gasteiger partial charge on any atom is 0.336 e. The summed E-state index contributed by atoms with van der Waals surface area (Å²) < 4.78 is 4.99. The van der Waals surface area contributed by atoms with Crippen LogP contribution in [-0.4, -0.2) is 22.2 Å². The fourth-order valence-corrected chi connectivity index (χ4v) is 2.31. The number of aromatic hydroxyl groups is 1. The standard InChI is InChI=1S/C10H9NO2.C9H11NO3/c1-6-4-10(12)13-9-5-7(11)2-3-8(6)9;10-8(9(12)13)5-6-1-3-7(11)4-2-6/h2-5H,11H2,1H3;1-4,8,11H,5,10H2,(H,12,13). The normalized spacial score (nSPS) is 11.5. The Morgan fingerprint density at radius 1 is 1.15 bits per heavy atom. The highest BCUT2D eigenvalue weighted by atomic mass is 16.4. The van der Waals surface area contributed by atoms with E-state index in [0.29, 0.717) is 11.3 Å². The molecule has 3 rings (SSSR count). The van der Waals surface area contributed by atoms with Crippen LogP contribution in [-0.2, 0) is 11.2 Å². The first-order chi connectivity index (χ1) is 12.3. The number of phenolic OH excluding ortho intramolecular Hbond substituents is 1. The van der Waals surface area contributed by atoms with Gasteiger partial charge in [-0.25, -0.2) is 4.79 Å². The van der Waals surface area contributed by atoms with Crippen molar-refractivity contribution in [2.24, 2.45) is 5.73 Å². The second-order valence-corrected chi connectivity index (χ2v) is 5.82. The highest BCUT2D eigenvalue weighted by Crippen LogP contribution is 2.18. The number of anilines is 1.